The van der Waals surface area contributed by atoms with E-state index in [0.717, 1.165) is 49.6 Å². The molecule has 6 heteroatoms. The van der Waals surface area contributed by atoms with Gasteiger partial charge in [0.2, 0.25) is 5.95 Å². The Kier molecular flexibility index (Phi) is 4.81. The molecule has 0 unspecified atom stereocenters. The highest BCUT2D eigenvalue weighted by molar-refractivity contribution is 5.78. The van der Waals surface area contributed by atoms with Gasteiger partial charge in [0, 0.05) is 33.2 Å². The summed E-state index contributed by atoms with van der Waals surface area (Å²) >= 11 is 0. The molecule has 1 aliphatic heterocycles. The molecule has 1 aromatic heterocycles. The van der Waals surface area contributed by atoms with Gasteiger partial charge in [0.25, 0.3) is 0 Å². The van der Waals surface area contributed by atoms with Gasteiger partial charge in [-0.3, -0.25) is 9.69 Å². The van der Waals surface area contributed by atoms with Crippen LogP contribution in [0.25, 0.3) is 11.0 Å². The van der Waals surface area contributed by atoms with Crippen LogP contribution in [-0.2, 0) is 16.6 Å². The molecule has 23 heavy (non-hydrogen) atoms. The standard InChI is InChI=1S/C17H24N4O2/c1-3-23-16(22)13-20-9-6-10-21(12-11-20)17-18-14-7-4-5-8-15(14)19(17)2/h4-5,7-8H,3,6,9-13H2,1-2H3. The number of rotatable bonds is 4. The number of hydrogen-bond donors (Lipinski definition) is 0. The maximum Gasteiger partial charge on any atom is 0.320 e. The summed E-state index contributed by atoms with van der Waals surface area (Å²) in [5, 5.41) is 0. The Morgan fingerprint density at radius 1 is 1.22 bits per heavy atom. The summed E-state index contributed by atoms with van der Waals surface area (Å²) in [5.74, 6) is 0.868. The molecule has 0 bridgehead atoms. The van der Waals surface area contributed by atoms with Crippen LogP contribution in [0.15, 0.2) is 24.3 Å². The lowest BCUT2D eigenvalue weighted by atomic mass is 10.3. The average Bonchev–Trinajstić information content (AvgIpc) is 2.72. The van der Waals surface area contributed by atoms with E-state index >= 15 is 0 Å². The van der Waals surface area contributed by atoms with E-state index in [9.17, 15) is 4.79 Å². The van der Waals surface area contributed by atoms with Crippen molar-refractivity contribution in [2.24, 2.45) is 7.05 Å². The molecule has 0 N–H and O–H groups in total. The van der Waals surface area contributed by atoms with Crippen molar-refractivity contribution in [3.05, 3.63) is 24.3 Å². The van der Waals surface area contributed by atoms with Gasteiger partial charge in [-0.1, -0.05) is 12.1 Å². The number of para-hydroxylation sites is 2. The number of anilines is 1. The van der Waals surface area contributed by atoms with E-state index < -0.39 is 0 Å². The topological polar surface area (TPSA) is 50.6 Å². The summed E-state index contributed by atoms with van der Waals surface area (Å²) in [5.41, 5.74) is 2.17. The van der Waals surface area contributed by atoms with Crippen LogP contribution in [-0.4, -0.2) is 59.8 Å². The second-order valence-electron chi connectivity index (χ2n) is 5.88. The number of nitrogens with zero attached hydrogens (tertiary/aromatic N) is 4. The van der Waals surface area contributed by atoms with E-state index in [1.165, 1.54) is 0 Å². The minimum absolute atomic E-state index is 0.135. The molecule has 0 saturated carbocycles. The van der Waals surface area contributed by atoms with Crippen LogP contribution < -0.4 is 4.90 Å². The highest BCUT2D eigenvalue weighted by Crippen LogP contribution is 2.22. The van der Waals surface area contributed by atoms with Crippen LogP contribution in [0.3, 0.4) is 0 Å². The number of ether oxygens (including phenoxy) is 1. The van der Waals surface area contributed by atoms with E-state index in [-0.39, 0.29) is 5.97 Å². The van der Waals surface area contributed by atoms with Crippen LogP contribution in [0, 0.1) is 0 Å². The van der Waals surface area contributed by atoms with Crippen molar-refractivity contribution in [1.82, 2.24) is 14.5 Å². The van der Waals surface area contributed by atoms with Gasteiger partial charge in [-0.15, -0.1) is 0 Å². The van der Waals surface area contributed by atoms with E-state index in [2.05, 4.69) is 27.5 Å². The Bertz CT molecular complexity index is 682. The van der Waals surface area contributed by atoms with Gasteiger partial charge in [-0.2, -0.15) is 0 Å². The summed E-state index contributed by atoms with van der Waals surface area (Å²) in [4.78, 5) is 20.9. The van der Waals surface area contributed by atoms with Crippen molar-refractivity contribution < 1.29 is 9.53 Å². The SMILES string of the molecule is CCOC(=O)CN1CCCN(c2nc3ccccc3n2C)CC1. The van der Waals surface area contributed by atoms with Gasteiger partial charge < -0.3 is 14.2 Å². The van der Waals surface area contributed by atoms with Crippen LogP contribution in [0.2, 0.25) is 0 Å². The molecule has 0 atom stereocenters. The highest BCUT2D eigenvalue weighted by Gasteiger charge is 2.20. The molecular formula is C17H24N4O2. The molecule has 1 aliphatic rings. The lowest BCUT2D eigenvalue weighted by molar-refractivity contribution is -0.144. The lowest BCUT2D eigenvalue weighted by Crippen LogP contribution is -2.35. The Morgan fingerprint density at radius 2 is 2.04 bits per heavy atom. The Morgan fingerprint density at radius 3 is 2.83 bits per heavy atom. The minimum atomic E-state index is -0.135. The number of carbonyl (C=O) groups excluding carboxylic acids is 1. The maximum absolute atomic E-state index is 11.7. The normalized spacial score (nSPS) is 16.5. The fourth-order valence-corrected chi connectivity index (χ4v) is 3.13. The zero-order valence-corrected chi connectivity index (χ0v) is 13.9. The number of carbonyl (C=O) groups is 1. The van der Waals surface area contributed by atoms with Crippen molar-refractivity contribution in [3.8, 4) is 0 Å². The van der Waals surface area contributed by atoms with E-state index in [4.69, 9.17) is 9.72 Å². The number of benzene rings is 1. The average molecular weight is 316 g/mol. The maximum atomic E-state index is 11.7. The third-order valence-electron chi connectivity index (χ3n) is 4.29. The molecule has 124 valence electrons. The molecule has 0 amide bonds. The molecule has 0 aliphatic carbocycles. The molecule has 2 aromatic rings. The second kappa shape index (κ2) is 7.00. The monoisotopic (exact) mass is 316 g/mol. The first kappa shape index (κ1) is 15.8. The number of esters is 1. The zero-order valence-electron chi connectivity index (χ0n) is 13.9. The van der Waals surface area contributed by atoms with Crippen molar-refractivity contribution in [2.45, 2.75) is 13.3 Å². The molecule has 0 radical (unpaired) electrons. The van der Waals surface area contributed by atoms with Crippen molar-refractivity contribution >= 4 is 23.0 Å². The summed E-state index contributed by atoms with van der Waals surface area (Å²) < 4.78 is 7.19. The Labute approximate surface area is 136 Å². The third kappa shape index (κ3) is 3.47. The Balaban J connectivity index is 1.69. The first-order chi connectivity index (χ1) is 11.2. The summed E-state index contributed by atoms with van der Waals surface area (Å²) in [6, 6.07) is 8.19. The molecule has 2 heterocycles. The third-order valence-corrected chi connectivity index (χ3v) is 4.29. The van der Waals surface area contributed by atoms with Crippen molar-refractivity contribution in [2.75, 3.05) is 44.2 Å². The predicted octanol–water partition coefficient (Wildman–Crippen LogP) is 1.65. The smallest absolute Gasteiger partial charge is 0.320 e. The van der Waals surface area contributed by atoms with Crippen LogP contribution in [0.5, 0.6) is 0 Å². The number of aromatic nitrogens is 2. The van der Waals surface area contributed by atoms with Crippen LogP contribution >= 0.6 is 0 Å². The minimum Gasteiger partial charge on any atom is -0.465 e. The highest BCUT2D eigenvalue weighted by atomic mass is 16.5. The molecule has 1 saturated heterocycles. The van der Waals surface area contributed by atoms with Gasteiger partial charge in [0.1, 0.15) is 0 Å². The summed E-state index contributed by atoms with van der Waals surface area (Å²) in [6.07, 6.45) is 1.02. The van der Waals surface area contributed by atoms with E-state index in [0.29, 0.717) is 13.2 Å². The summed E-state index contributed by atoms with van der Waals surface area (Å²) in [6.45, 7) is 6.25. The van der Waals surface area contributed by atoms with Gasteiger partial charge in [-0.05, 0) is 25.5 Å². The molecule has 3 rings (SSSR count). The molecule has 1 aromatic carbocycles. The molecule has 6 nitrogen and oxygen atoms in total. The molecule has 1 fully saturated rings. The summed E-state index contributed by atoms with van der Waals surface area (Å²) in [7, 11) is 2.06. The first-order valence-electron chi connectivity index (χ1n) is 8.23. The van der Waals surface area contributed by atoms with Gasteiger partial charge in [-0.25, -0.2) is 4.98 Å². The van der Waals surface area contributed by atoms with E-state index in [1.54, 1.807) is 0 Å². The first-order valence-corrected chi connectivity index (χ1v) is 8.23. The largest absolute Gasteiger partial charge is 0.465 e. The predicted molar refractivity (Wildman–Crippen MR) is 90.6 cm³/mol. The second-order valence-corrected chi connectivity index (χ2v) is 5.88. The van der Waals surface area contributed by atoms with Crippen molar-refractivity contribution in [3.63, 3.8) is 0 Å². The molecule has 0 spiro atoms. The number of imidazole rings is 1. The fraction of sp³-hybridized carbons (Fsp3) is 0.529. The molecular weight excluding hydrogens is 292 g/mol. The van der Waals surface area contributed by atoms with Gasteiger partial charge >= 0.3 is 5.97 Å². The van der Waals surface area contributed by atoms with Gasteiger partial charge in [0.15, 0.2) is 0 Å². The quantitative estimate of drug-likeness (QED) is 0.803. The lowest BCUT2D eigenvalue weighted by Gasteiger charge is -2.22. The number of aryl methyl sites for hydroxylation is 1. The fourth-order valence-electron chi connectivity index (χ4n) is 3.13. The van der Waals surface area contributed by atoms with Crippen LogP contribution in [0.4, 0.5) is 5.95 Å². The zero-order chi connectivity index (χ0) is 16.2. The van der Waals surface area contributed by atoms with Gasteiger partial charge in [0.05, 0.1) is 24.2 Å². The Hall–Kier alpha value is -2.08. The van der Waals surface area contributed by atoms with E-state index in [1.807, 2.05) is 25.1 Å². The number of fused-ring (bicyclic) bond motifs is 1. The van der Waals surface area contributed by atoms with Crippen molar-refractivity contribution in [1.29, 1.82) is 0 Å². The number of hydrogen-bond acceptors (Lipinski definition) is 5. The van der Waals surface area contributed by atoms with Crippen LogP contribution in [0.1, 0.15) is 13.3 Å².